The number of carboxylic acids is 1. The fraction of sp³-hybridized carbons (Fsp3) is 0.500. The summed E-state index contributed by atoms with van der Waals surface area (Å²) in [5.74, 6) is 0.00730. The van der Waals surface area contributed by atoms with Gasteiger partial charge in [-0.3, -0.25) is 14.6 Å². The van der Waals surface area contributed by atoms with Crippen LogP contribution in [0.5, 0.6) is 0 Å². The minimum atomic E-state index is -0.839. The van der Waals surface area contributed by atoms with Gasteiger partial charge in [-0.25, -0.2) is 0 Å². The summed E-state index contributed by atoms with van der Waals surface area (Å²) in [6, 6.07) is 5.13. The summed E-state index contributed by atoms with van der Waals surface area (Å²) in [6.07, 6.45) is 2.39. The van der Waals surface area contributed by atoms with Crippen LogP contribution >= 0.6 is 24.2 Å². The van der Waals surface area contributed by atoms with Gasteiger partial charge in [0.15, 0.2) is 0 Å². The van der Waals surface area contributed by atoms with Crippen molar-refractivity contribution in [1.82, 2.24) is 10.3 Å². The number of pyridine rings is 1. The van der Waals surface area contributed by atoms with E-state index in [-0.39, 0.29) is 30.1 Å². The van der Waals surface area contributed by atoms with Crippen molar-refractivity contribution >= 4 is 36.0 Å². The van der Waals surface area contributed by atoms with Crippen LogP contribution in [0.4, 0.5) is 0 Å². The highest BCUT2D eigenvalue weighted by Crippen LogP contribution is 2.11. The number of nitrogens with one attached hydrogen (secondary N) is 1. The maximum absolute atomic E-state index is 12.0. The molecule has 0 aliphatic carbocycles. The van der Waals surface area contributed by atoms with E-state index in [2.05, 4.69) is 24.1 Å². The zero-order valence-electron chi connectivity index (χ0n) is 12.1. The van der Waals surface area contributed by atoms with Gasteiger partial charge in [0, 0.05) is 18.0 Å². The van der Waals surface area contributed by atoms with Crippen LogP contribution in [-0.2, 0) is 4.79 Å². The second-order valence-electron chi connectivity index (χ2n) is 4.92. The number of halogens is 1. The highest BCUT2D eigenvalue weighted by atomic mass is 35.5. The third-order valence-electron chi connectivity index (χ3n) is 2.53. The van der Waals surface area contributed by atoms with E-state index in [0.29, 0.717) is 17.4 Å². The van der Waals surface area contributed by atoms with Crippen molar-refractivity contribution in [3.05, 3.63) is 30.1 Å². The molecule has 2 N–H and O–H groups in total. The molecule has 1 aromatic rings. The highest BCUT2D eigenvalue weighted by Gasteiger charge is 2.16. The summed E-state index contributed by atoms with van der Waals surface area (Å²) in [6.45, 7) is 4.14. The number of nitrogens with zero attached hydrogens (tertiary/aromatic N) is 1. The molecule has 5 nitrogen and oxygen atoms in total. The summed E-state index contributed by atoms with van der Waals surface area (Å²) in [4.78, 5) is 26.6. The number of carboxylic acid groups (broad SMARTS) is 1. The van der Waals surface area contributed by atoms with Crippen molar-refractivity contribution in [2.45, 2.75) is 26.3 Å². The Morgan fingerprint density at radius 3 is 2.62 bits per heavy atom. The topological polar surface area (TPSA) is 79.3 Å². The van der Waals surface area contributed by atoms with Gasteiger partial charge in [-0.2, -0.15) is 0 Å². The molecule has 1 amide bonds. The van der Waals surface area contributed by atoms with E-state index in [4.69, 9.17) is 5.11 Å². The number of rotatable bonds is 8. The molecular formula is C14H21ClN2O3S. The summed E-state index contributed by atoms with van der Waals surface area (Å²) < 4.78 is 0. The second-order valence-corrected chi connectivity index (χ2v) is 5.95. The van der Waals surface area contributed by atoms with Crippen LogP contribution in [0.3, 0.4) is 0 Å². The average molecular weight is 333 g/mol. The molecule has 21 heavy (non-hydrogen) atoms. The SMILES string of the molecule is CC(C)CC(CSCC(=O)O)NC(=O)c1ccccn1.Cl. The Morgan fingerprint density at radius 2 is 2.10 bits per heavy atom. The summed E-state index contributed by atoms with van der Waals surface area (Å²) >= 11 is 1.31. The summed E-state index contributed by atoms with van der Waals surface area (Å²) in [5, 5.41) is 11.6. The molecule has 1 aromatic heterocycles. The van der Waals surface area contributed by atoms with E-state index >= 15 is 0 Å². The van der Waals surface area contributed by atoms with E-state index in [1.54, 1.807) is 24.4 Å². The van der Waals surface area contributed by atoms with E-state index < -0.39 is 5.97 Å². The van der Waals surface area contributed by atoms with Gasteiger partial charge >= 0.3 is 5.97 Å². The van der Waals surface area contributed by atoms with Gasteiger partial charge in [0.05, 0.1) is 5.75 Å². The number of amides is 1. The van der Waals surface area contributed by atoms with Crippen LogP contribution in [0.1, 0.15) is 30.8 Å². The third-order valence-corrected chi connectivity index (χ3v) is 3.62. The Kier molecular flexibility index (Phi) is 9.82. The first-order chi connectivity index (χ1) is 9.49. The fourth-order valence-corrected chi connectivity index (χ4v) is 2.58. The van der Waals surface area contributed by atoms with Crippen LogP contribution in [0.2, 0.25) is 0 Å². The highest BCUT2D eigenvalue weighted by molar-refractivity contribution is 7.99. The maximum atomic E-state index is 12.0. The van der Waals surface area contributed by atoms with Crippen LogP contribution < -0.4 is 5.32 Å². The molecule has 7 heteroatoms. The molecule has 1 rings (SSSR count). The lowest BCUT2D eigenvalue weighted by atomic mass is 10.1. The van der Waals surface area contributed by atoms with Gasteiger partial charge in [0.1, 0.15) is 5.69 Å². The Hall–Kier alpha value is -1.27. The smallest absolute Gasteiger partial charge is 0.313 e. The number of hydrogen-bond donors (Lipinski definition) is 2. The molecule has 118 valence electrons. The van der Waals surface area contributed by atoms with Crippen LogP contribution in [-0.4, -0.2) is 39.5 Å². The summed E-state index contributed by atoms with van der Waals surface area (Å²) in [7, 11) is 0. The molecule has 0 aliphatic heterocycles. The molecule has 0 aliphatic rings. The molecule has 0 saturated carbocycles. The first kappa shape index (κ1) is 19.7. The zero-order chi connectivity index (χ0) is 15.0. The van der Waals surface area contributed by atoms with Crippen molar-refractivity contribution in [2.75, 3.05) is 11.5 Å². The number of thioether (sulfide) groups is 1. The molecule has 1 heterocycles. The first-order valence-corrected chi connectivity index (χ1v) is 7.66. The quantitative estimate of drug-likeness (QED) is 0.764. The standard InChI is InChI=1S/C14H20N2O3S.ClH/c1-10(2)7-11(8-20-9-13(17)18)16-14(19)12-5-3-4-6-15-12;/h3-6,10-11H,7-9H2,1-2H3,(H,16,19)(H,17,18);1H. The Bertz CT molecular complexity index is 443. The zero-order valence-corrected chi connectivity index (χ0v) is 13.7. The van der Waals surface area contributed by atoms with E-state index in [9.17, 15) is 9.59 Å². The minimum Gasteiger partial charge on any atom is -0.481 e. The van der Waals surface area contributed by atoms with Gasteiger partial charge in [0.2, 0.25) is 0 Å². The van der Waals surface area contributed by atoms with E-state index in [0.717, 1.165) is 6.42 Å². The lowest BCUT2D eigenvalue weighted by molar-refractivity contribution is -0.133. The van der Waals surface area contributed by atoms with Gasteiger partial charge in [-0.1, -0.05) is 19.9 Å². The molecule has 0 aromatic carbocycles. The Balaban J connectivity index is 0.00000400. The molecule has 1 unspecified atom stereocenters. The maximum Gasteiger partial charge on any atom is 0.313 e. The number of carbonyl (C=O) groups is 2. The number of aromatic nitrogens is 1. The Labute approximate surface area is 135 Å². The number of aliphatic carboxylic acids is 1. The molecular weight excluding hydrogens is 312 g/mol. The molecule has 0 radical (unpaired) electrons. The van der Waals surface area contributed by atoms with Gasteiger partial charge in [-0.15, -0.1) is 24.2 Å². The summed E-state index contributed by atoms with van der Waals surface area (Å²) in [5.41, 5.74) is 0.379. The fourth-order valence-electron chi connectivity index (χ4n) is 1.78. The van der Waals surface area contributed by atoms with Crippen molar-refractivity contribution in [3.63, 3.8) is 0 Å². The van der Waals surface area contributed by atoms with Crippen molar-refractivity contribution in [3.8, 4) is 0 Å². The Morgan fingerprint density at radius 1 is 1.38 bits per heavy atom. The molecule has 0 bridgehead atoms. The predicted molar refractivity (Wildman–Crippen MR) is 87.2 cm³/mol. The van der Waals surface area contributed by atoms with Gasteiger partial charge in [-0.05, 0) is 24.5 Å². The van der Waals surface area contributed by atoms with Gasteiger partial charge < -0.3 is 10.4 Å². The predicted octanol–water partition coefficient (Wildman–Crippen LogP) is 2.47. The van der Waals surface area contributed by atoms with Crippen LogP contribution in [0.25, 0.3) is 0 Å². The average Bonchev–Trinajstić information content (AvgIpc) is 2.38. The minimum absolute atomic E-state index is 0. The molecule has 0 fully saturated rings. The van der Waals surface area contributed by atoms with Gasteiger partial charge in [0.25, 0.3) is 5.91 Å². The van der Waals surface area contributed by atoms with Crippen LogP contribution in [0, 0.1) is 5.92 Å². The number of carbonyl (C=O) groups excluding carboxylic acids is 1. The van der Waals surface area contributed by atoms with Crippen LogP contribution in [0.15, 0.2) is 24.4 Å². The van der Waals surface area contributed by atoms with E-state index in [1.807, 2.05) is 0 Å². The third kappa shape index (κ3) is 8.57. The molecule has 0 spiro atoms. The monoisotopic (exact) mass is 332 g/mol. The van der Waals surface area contributed by atoms with E-state index in [1.165, 1.54) is 11.8 Å². The first-order valence-electron chi connectivity index (χ1n) is 6.50. The van der Waals surface area contributed by atoms with Crippen molar-refractivity contribution < 1.29 is 14.7 Å². The normalized spacial score (nSPS) is 11.6. The second kappa shape index (κ2) is 10.5. The lowest BCUT2D eigenvalue weighted by Crippen LogP contribution is -2.38. The molecule has 1 atom stereocenters. The largest absolute Gasteiger partial charge is 0.481 e. The van der Waals surface area contributed by atoms with Crippen molar-refractivity contribution in [1.29, 1.82) is 0 Å². The molecule has 0 saturated heterocycles. The lowest BCUT2D eigenvalue weighted by Gasteiger charge is -2.19. The number of hydrogen-bond acceptors (Lipinski definition) is 4. The van der Waals surface area contributed by atoms with Crippen molar-refractivity contribution in [2.24, 2.45) is 5.92 Å².